The molecule has 0 atom stereocenters. The van der Waals surface area contributed by atoms with Crippen LogP contribution in [0.5, 0.6) is 11.5 Å². The van der Waals surface area contributed by atoms with Gasteiger partial charge in [-0.3, -0.25) is 0 Å². The Bertz CT molecular complexity index is 1730. The van der Waals surface area contributed by atoms with Crippen LogP contribution in [0.1, 0.15) is 40.9 Å². The molecule has 5 aromatic carbocycles. The maximum atomic E-state index is 13.6. The number of para-hydroxylation sites is 2. The molecule has 1 spiro atoms. The van der Waals surface area contributed by atoms with Crippen molar-refractivity contribution >= 4 is 34.4 Å². The number of hydrogen-bond donors (Lipinski definition) is 2. The first-order valence-corrected chi connectivity index (χ1v) is 14.3. The molecular formula is C36H31N3O3. The number of carbonyl (C=O) groups excluding carboxylic acids is 1. The van der Waals surface area contributed by atoms with Crippen molar-refractivity contribution in [3.05, 3.63) is 138 Å². The monoisotopic (exact) mass is 553 g/mol. The number of hydrogen-bond acceptors (Lipinski definition) is 6. The highest BCUT2D eigenvalue weighted by Gasteiger charge is 2.54. The Kier molecular flexibility index (Phi) is 6.31. The lowest BCUT2D eigenvalue weighted by molar-refractivity contribution is 0.0225. The Morgan fingerprint density at radius 2 is 1.14 bits per heavy atom. The van der Waals surface area contributed by atoms with Gasteiger partial charge in [-0.05, 0) is 80.6 Å². The Morgan fingerprint density at radius 1 is 0.619 bits per heavy atom. The van der Waals surface area contributed by atoms with E-state index in [0.717, 1.165) is 46.8 Å². The summed E-state index contributed by atoms with van der Waals surface area (Å²) < 4.78 is 12.5. The van der Waals surface area contributed by atoms with Gasteiger partial charge in [-0.15, -0.1) is 0 Å². The summed E-state index contributed by atoms with van der Waals surface area (Å²) >= 11 is 0. The van der Waals surface area contributed by atoms with Crippen LogP contribution in [0.15, 0.2) is 115 Å². The van der Waals surface area contributed by atoms with Gasteiger partial charge in [0.25, 0.3) is 0 Å². The summed E-state index contributed by atoms with van der Waals surface area (Å²) in [6.07, 6.45) is 0. The molecule has 0 bridgehead atoms. The van der Waals surface area contributed by atoms with Gasteiger partial charge in [-0.1, -0.05) is 48.5 Å². The molecule has 0 saturated carbocycles. The van der Waals surface area contributed by atoms with Gasteiger partial charge >= 0.3 is 5.97 Å². The lowest BCUT2D eigenvalue weighted by Gasteiger charge is -2.36. The van der Waals surface area contributed by atoms with Gasteiger partial charge in [-0.2, -0.15) is 0 Å². The van der Waals surface area contributed by atoms with E-state index in [0.29, 0.717) is 22.7 Å². The van der Waals surface area contributed by atoms with Gasteiger partial charge in [-0.25, -0.2) is 4.79 Å². The summed E-state index contributed by atoms with van der Waals surface area (Å²) in [6.45, 7) is 6.30. The molecule has 2 aliphatic heterocycles. The Balaban J connectivity index is 1.18. The number of esters is 1. The highest BCUT2D eigenvalue weighted by molar-refractivity contribution is 6.03. The molecule has 0 amide bonds. The molecule has 42 heavy (non-hydrogen) atoms. The van der Waals surface area contributed by atoms with Crippen LogP contribution in [0.3, 0.4) is 0 Å². The summed E-state index contributed by atoms with van der Waals surface area (Å²) in [5, 5.41) is 6.93. The average Bonchev–Trinajstić information content (AvgIpc) is 3.33. The highest BCUT2D eigenvalue weighted by Crippen LogP contribution is 2.56. The summed E-state index contributed by atoms with van der Waals surface area (Å²) in [6, 6.07) is 37.9. The summed E-state index contributed by atoms with van der Waals surface area (Å²) in [4.78, 5) is 15.9. The predicted octanol–water partition coefficient (Wildman–Crippen LogP) is 8.59. The van der Waals surface area contributed by atoms with Gasteiger partial charge in [0.1, 0.15) is 11.5 Å². The maximum absolute atomic E-state index is 13.6. The van der Waals surface area contributed by atoms with Gasteiger partial charge in [0, 0.05) is 52.5 Å². The largest absolute Gasteiger partial charge is 0.456 e. The molecule has 0 unspecified atom stereocenters. The smallest absolute Gasteiger partial charge is 0.342 e. The van der Waals surface area contributed by atoms with E-state index in [4.69, 9.17) is 9.47 Å². The zero-order valence-corrected chi connectivity index (χ0v) is 23.6. The highest BCUT2D eigenvalue weighted by atomic mass is 16.6. The minimum Gasteiger partial charge on any atom is -0.456 e. The predicted molar refractivity (Wildman–Crippen MR) is 168 cm³/mol. The van der Waals surface area contributed by atoms with Crippen LogP contribution in [-0.2, 0) is 10.3 Å². The molecule has 0 aliphatic carbocycles. The molecular weight excluding hydrogens is 522 g/mol. The second kappa shape index (κ2) is 10.3. The van der Waals surface area contributed by atoms with Crippen LogP contribution in [0.25, 0.3) is 0 Å². The third-order valence-corrected chi connectivity index (χ3v) is 8.09. The fourth-order valence-electron chi connectivity index (χ4n) is 6.07. The fourth-order valence-corrected chi connectivity index (χ4v) is 6.07. The first-order chi connectivity index (χ1) is 20.6. The van der Waals surface area contributed by atoms with E-state index in [1.54, 1.807) is 0 Å². The number of anilines is 5. The lowest BCUT2D eigenvalue weighted by Crippen LogP contribution is -2.32. The van der Waals surface area contributed by atoms with Crippen molar-refractivity contribution in [1.82, 2.24) is 0 Å². The molecule has 6 nitrogen and oxygen atoms in total. The molecule has 208 valence electrons. The molecule has 0 saturated heterocycles. The number of nitrogens with zero attached hydrogens (tertiary/aromatic N) is 1. The zero-order chi connectivity index (χ0) is 28.7. The number of rotatable bonds is 7. The van der Waals surface area contributed by atoms with Crippen molar-refractivity contribution in [3.63, 3.8) is 0 Å². The standard InChI is InChI=1S/C36H31N3O3/c1-3-39(4-2)27-22-20-25(21-23-27)37-24-16-18-26(19-17-24)38-31-13-9-12-30-34(31)35(40)42-36(30)28-10-5-7-14-32(28)41-33-15-8-6-11-29(33)36/h5-23,37-38H,3-4H2,1-2H3. The third kappa shape index (κ3) is 4.15. The number of fused-ring (bicyclic) bond motifs is 6. The Morgan fingerprint density at radius 3 is 1.74 bits per heavy atom. The van der Waals surface area contributed by atoms with Crippen molar-refractivity contribution in [2.75, 3.05) is 28.6 Å². The molecule has 0 aromatic heterocycles. The number of ether oxygens (including phenoxy) is 2. The van der Waals surface area contributed by atoms with E-state index in [1.807, 2.05) is 91.0 Å². The van der Waals surface area contributed by atoms with E-state index in [-0.39, 0.29) is 5.97 Å². The van der Waals surface area contributed by atoms with Crippen LogP contribution < -0.4 is 20.3 Å². The third-order valence-electron chi connectivity index (χ3n) is 8.09. The van der Waals surface area contributed by atoms with E-state index in [1.165, 1.54) is 5.69 Å². The molecule has 0 radical (unpaired) electrons. The summed E-state index contributed by atoms with van der Waals surface area (Å²) in [7, 11) is 0. The minimum atomic E-state index is -1.08. The van der Waals surface area contributed by atoms with Crippen molar-refractivity contribution in [2.45, 2.75) is 19.4 Å². The second-order valence-corrected chi connectivity index (χ2v) is 10.4. The first kappa shape index (κ1) is 25.7. The van der Waals surface area contributed by atoms with Gasteiger partial charge in [0.15, 0.2) is 5.60 Å². The summed E-state index contributed by atoms with van der Waals surface area (Å²) in [5.41, 5.74) is 6.66. The molecule has 6 heteroatoms. The molecule has 2 aliphatic rings. The molecule has 2 heterocycles. The van der Waals surface area contributed by atoms with Crippen LogP contribution in [0, 0.1) is 0 Å². The van der Waals surface area contributed by atoms with Crippen LogP contribution in [0.4, 0.5) is 28.4 Å². The maximum Gasteiger partial charge on any atom is 0.342 e. The minimum absolute atomic E-state index is 0.369. The molecule has 5 aromatic rings. The normalized spacial score (nSPS) is 13.8. The van der Waals surface area contributed by atoms with Crippen LogP contribution in [-0.4, -0.2) is 19.1 Å². The van der Waals surface area contributed by atoms with E-state index in [2.05, 4.69) is 53.6 Å². The first-order valence-electron chi connectivity index (χ1n) is 14.3. The summed E-state index contributed by atoms with van der Waals surface area (Å²) in [5.74, 6) is 0.994. The lowest BCUT2D eigenvalue weighted by atomic mass is 9.77. The van der Waals surface area contributed by atoms with Crippen LogP contribution >= 0.6 is 0 Å². The van der Waals surface area contributed by atoms with Crippen molar-refractivity contribution in [2.24, 2.45) is 0 Å². The van der Waals surface area contributed by atoms with Crippen molar-refractivity contribution in [3.8, 4) is 11.5 Å². The zero-order valence-electron chi connectivity index (χ0n) is 23.6. The van der Waals surface area contributed by atoms with Gasteiger partial charge < -0.3 is 25.0 Å². The van der Waals surface area contributed by atoms with E-state index in [9.17, 15) is 4.79 Å². The Labute approximate surface area is 245 Å². The topological polar surface area (TPSA) is 62.8 Å². The molecule has 2 N–H and O–H groups in total. The second-order valence-electron chi connectivity index (χ2n) is 10.4. The number of benzene rings is 5. The average molecular weight is 554 g/mol. The SMILES string of the molecule is CCN(CC)c1ccc(Nc2ccc(Nc3cccc4c3C(=O)OC43c4ccccc4Oc4ccccc43)cc2)cc1. The fraction of sp³-hybridized carbons (Fsp3) is 0.139. The van der Waals surface area contributed by atoms with E-state index >= 15 is 0 Å². The van der Waals surface area contributed by atoms with Gasteiger partial charge in [0.2, 0.25) is 0 Å². The quantitative estimate of drug-likeness (QED) is 0.197. The number of carbonyl (C=O) groups is 1. The molecule has 0 fully saturated rings. The van der Waals surface area contributed by atoms with Crippen LogP contribution in [0.2, 0.25) is 0 Å². The van der Waals surface area contributed by atoms with E-state index < -0.39 is 5.60 Å². The van der Waals surface area contributed by atoms with Gasteiger partial charge in [0.05, 0.1) is 11.3 Å². The Hall–Kier alpha value is -5.23. The van der Waals surface area contributed by atoms with Crippen molar-refractivity contribution in [1.29, 1.82) is 0 Å². The molecule has 7 rings (SSSR count). The van der Waals surface area contributed by atoms with Crippen molar-refractivity contribution < 1.29 is 14.3 Å². The number of nitrogens with one attached hydrogen (secondary N) is 2.